The number of benzene rings is 2. The van der Waals surface area contributed by atoms with Gasteiger partial charge < -0.3 is 14.8 Å². The number of fused-ring (bicyclic) bond motifs is 2. The van der Waals surface area contributed by atoms with E-state index >= 15 is 0 Å². The molecule has 148 valence electrons. The largest absolute Gasteiger partial charge is 0.478 e. The van der Waals surface area contributed by atoms with E-state index in [1.807, 2.05) is 0 Å². The van der Waals surface area contributed by atoms with Gasteiger partial charge >= 0.3 is 5.97 Å². The summed E-state index contributed by atoms with van der Waals surface area (Å²) in [5.74, 6) is -0.177. The molecule has 4 nitrogen and oxygen atoms in total. The highest BCUT2D eigenvalue weighted by Gasteiger charge is 2.25. The standard InChI is InChI=1S/C24H23NO3S/c1-14-22-17(8-9-26)10-18(24(27)28)12-21(22)29-23(14)20-11-16-4-2-3-5-19(16)25(20)13-15-6-7-15/h2-5,10-12,15,26H,6-9,13H2,1H3,(H,27,28). The van der Waals surface area contributed by atoms with Gasteiger partial charge in [0.2, 0.25) is 0 Å². The van der Waals surface area contributed by atoms with E-state index in [1.54, 1.807) is 23.5 Å². The summed E-state index contributed by atoms with van der Waals surface area (Å²) in [4.78, 5) is 12.8. The van der Waals surface area contributed by atoms with E-state index < -0.39 is 5.97 Å². The number of aromatic carboxylic acids is 1. The molecule has 0 amide bonds. The molecule has 1 saturated carbocycles. The SMILES string of the molecule is Cc1c(-c2cc3ccccc3n2CC2CC2)sc2cc(C(=O)O)cc(CCO)c12. The van der Waals surface area contributed by atoms with Crippen LogP contribution in [-0.2, 0) is 13.0 Å². The first-order chi connectivity index (χ1) is 14.1. The number of carbonyl (C=O) groups is 1. The molecule has 0 unspecified atom stereocenters. The Bertz CT molecular complexity index is 1250. The van der Waals surface area contributed by atoms with E-state index in [0.717, 1.165) is 28.1 Å². The summed E-state index contributed by atoms with van der Waals surface area (Å²) in [6, 6.07) is 14.3. The summed E-state index contributed by atoms with van der Waals surface area (Å²) in [6.45, 7) is 3.15. The molecule has 2 aromatic heterocycles. The van der Waals surface area contributed by atoms with E-state index in [9.17, 15) is 15.0 Å². The maximum Gasteiger partial charge on any atom is 0.335 e. The van der Waals surface area contributed by atoms with Crippen LogP contribution in [0, 0.1) is 12.8 Å². The number of rotatable bonds is 6. The van der Waals surface area contributed by atoms with Crippen LogP contribution >= 0.6 is 11.3 Å². The lowest BCUT2D eigenvalue weighted by atomic mass is 10.00. The van der Waals surface area contributed by atoms with Gasteiger partial charge in [-0.05, 0) is 72.9 Å². The molecule has 0 bridgehead atoms. The van der Waals surface area contributed by atoms with Crippen molar-refractivity contribution in [3.63, 3.8) is 0 Å². The summed E-state index contributed by atoms with van der Waals surface area (Å²) < 4.78 is 3.42. The highest BCUT2D eigenvalue weighted by molar-refractivity contribution is 7.22. The van der Waals surface area contributed by atoms with E-state index in [0.29, 0.717) is 6.42 Å². The average molecular weight is 406 g/mol. The number of carboxylic acids is 1. The normalized spacial score (nSPS) is 14.1. The summed E-state index contributed by atoms with van der Waals surface area (Å²) in [5.41, 5.74) is 4.83. The average Bonchev–Trinajstić information content (AvgIpc) is 3.37. The first kappa shape index (κ1) is 18.4. The van der Waals surface area contributed by atoms with Gasteiger partial charge in [-0.15, -0.1) is 11.3 Å². The van der Waals surface area contributed by atoms with Crippen LogP contribution in [0.5, 0.6) is 0 Å². The number of aliphatic hydroxyl groups is 1. The van der Waals surface area contributed by atoms with Crippen molar-refractivity contribution in [2.24, 2.45) is 5.92 Å². The second-order valence-electron chi connectivity index (χ2n) is 7.99. The van der Waals surface area contributed by atoms with Gasteiger partial charge in [-0.1, -0.05) is 18.2 Å². The number of aryl methyl sites for hydroxylation is 1. The highest BCUT2D eigenvalue weighted by atomic mass is 32.1. The minimum atomic E-state index is -0.929. The van der Waals surface area contributed by atoms with Gasteiger partial charge in [0.15, 0.2) is 0 Å². The third-order valence-corrected chi connectivity index (χ3v) is 7.18. The molecule has 0 spiro atoms. The molecular weight excluding hydrogens is 382 g/mol. The van der Waals surface area contributed by atoms with Gasteiger partial charge in [0.1, 0.15) is 0 Å². The Balaban J connectivity index is 1.76. The Kier molecular flexibility index (Phi) is 4.45. The Morgan fingerprint density at radius 1 is 1.21 bits per heavy atom. The van der Waals surface area contributed by atoms with Crippen molar-refractivity contribution in [3.8, 4) is 10.6 Å². The number of thiophene rings is 1. The van der Waals surface area contributed by atoms with Crippen molar-refractivity contribution in [1.82, 2.24) is 4.57 Å². The fourth-order valence-corrected chi connectivity index (χ4v) is 5.64. The van der Waals surface area contributed by atoms with Crippen LogP contribution in [0.25, 0.3) is 31.6 Å². The third-order valence-electron chi connectivity index (χ3n) is 5.92. The van der Waals surface area contributed by atoms with Gasteiger partial charge in [-0.25, -0.2) is 4.79 Å². The lowest BCUT2D eigenvalue weighted by Crippen LogP contribution is -2.01. The maximum atomic E-state index is 11.6. The van der Waals surface area contributed by atoms with Crippen LogP contribution in [0.4, 0.5) is 0 Å². The zero-order valence-corrected chi connectivity index (χ0v) is 17.1. The summed E-state index contributed by atoms with van der Waals surface area (Å²) in [6.07, 6.45) is 3.04. The molecule has 0 radical (unpaired) electrons. The fourth-order valence-electron chi connectivity index (χ4n) is 4.32. The first-order valence-corrected chi connectivity index (χ1v) is 10.9. The van der Waals surface area contributed by atoms with Crippen LogP contribution in [-0.4, -0.2) is 27.4 Å². The molecule has 0 atom stereocenters. The zero-order valence-electron chi connectivity index (χ0n) is 16.3. The van der Waals surface area contributed by atoms with E-state index in [4.69, 9.17) is 0 Å². The van der Waals surface area contributed by atoms with Crippen LogP contribution in [0.15, 0.2) is 42.5 Å². The zero-order chi connectivity index (χ0) is 20.1. The Morgan fingerprint density at radius 2 is 2.00 bits per heavy atom. The fraction of sp³-hybridized carbons (Fsp3) is 0.292. The highest BCUT2D eigenvalue weighted by Crippen LogP contribution is 2.43. The number of aromatic nitrogens is 1. The van der Waals surface area contributed by atoms with Gasteiger partial charge in [-0.3, -0.25) is 0 Å². The van der Waals surface area contributed by atoms with Gasteiger partial charge in [0.25, 0.3) is 0 Å². The van der Waals surface area contributed by atoms with Gasteiger partial charge in [0.05, 0.1) is 16.1 Å². The van der Waals surface area contributed by atoms with Crippen molar-refractivity contribution < 1.29 is 15.0 Å². The number of carboxylic acid groups (broad SMARTS) is 1. The quantitative estimate of drug-likeness (QED) is 0.447. The molecule has 1 fully saturated rings. The Labute approximate surface area is 173 Å². The number of hydrogen-bond acceptors (Lipinski definition) is 3. The molecule has 29 heavy (non-hydrogen) atoms. The second-order valence-corrected chi connectivity index (χ2v) is 9.04. The predicted molar refractivity (Wildman–Crippen MR) is 118 cm³/mol. The van der Waals surface area contributed by atoms with Crippen molar-refractivity contribution in [2.75, 3.05) is 6.61 Å². The number of aliphatic hydroxyl groups excluding tert-OH is 1. The molecule has 2 N–H and O–H groups in total. The molecule has 1 aliphatic rings. The van der Waals surface area contributed by atoms with Crippen LogP contribution in [0.3, 0.4) is 0 Å². The molecule has 5 rings (SSSR count). The topological polar surface area (TPSA) is 62.5 Å². The second kappa shape index (κ2) is 7.01. The summed E-state index contributed by atoms with van der Waals surface area (Å²) in [5, 5.41) is 21.4. The smallest absolute Gasteiger partial charge is 0.335 e. The Morgan fingerprint density at radius 3 is 2.72 bits per heavy atom. The maximum absolute atomic E-state index is 11.6. The lowest BCUT2D eigenvalue weighted by Gasteiger charge is -2.10. The number of hydrogen-bond donors (Lipinski definition) is 2. The molecule has 1 aliphatic carbocycles. The van der Waals surface area contributed by atoms with Crippen LogP contribution in [0.2, 0.25) is 0 Å². The lowest BCUT2D eigenvalue weighted by molar-refractivity contribution is 0.0697. The molecule has 4 aromatic rings. The van der Waals surface area contributed by atoms with Crippen molar-refractivity contribution >= 4 is 38.3 Å². The van der Waals surface area contributed by atoms with Gasteiger partial charge in [-0.2, -0.15) is 0 Å². The van der Waals surface area contributed by atoms with E-state index in [1.165, 1.54) is 39.9 Å². The van der Waals surface area contributed by atoms with Crippen molar-refractivity contribution in [2.45, 2.75) is 32.7 Å². The summed E-state index contributed by atoms with van der Waals surface area (Å²) >= 11 is 1.66. The van der Waals surface area contributed by atoms with Crippen LogP contribution < -0.4 is 0 Å². The van der Waals surface area contributed by atoms with Crippen molar-refractivity contribution in [3.05, 3.63) is 59.2 Å². The summed E-state index contributed by atoms with van der Waals surface area (Å²) in [7, 11) is 0. The minimum absolute atomic E-state index is 0.00470. The van der Waals surface area contributed by atoms with Crippen LogP contribution in [0.1, 0.15) is 34.3 Å². The molecule has 2 aromatic carbocycles. The Hall–Kier alpha value is -2.63. The van der Waals surface area contributed by atoms with E-state index in [2.05, 4.69) is 41.8 Å². The first-order valence-electron chi connectivity index (χ1n) is 10.1. The number of para-hydroxylation sites is 1. The monoisotopic (exact) mass is 405 g/mol. The molecule has 2 heterocycles. The molecular formula is C24H23NO3S. The van der Waals surface area contributed by atoms with Crippen molar-refractivity contribution in [1.29, 1.82) is 0 Å². The number of nitrogens with zero attached hydrogens (tertiary/aromatic N) is 1. The van der Waals surface area contributed by atoms with Gasteiger partial charge in [0, 0.05) is 28.8 Å². The van der Waals surface area contributed by atoms with E-state index in [-0.39, 0.29) is 12.2 Å². The molecule has 0 aliphatic heterocycles. The minimum Gasteiger partial charge on any atom is -0.478 e. The molecule has 0 saturated heterocycles. The molecule has 5 heteroatoms. The third kappa shape index (κ3) is 3.15. The predicted octanol–water partition coefficient (Wildman–Crippen LogP) is 5.47.